The van der Waals surface area contributed by atoms with Crippen molar-refractivity contribution < 1.29 is 14.5 Å². The number of carbonyl (C=O) groups excluding carboxylic acids is 1. The summed E-state index contributed by atoms with van der Waals surface area (Å²) in [4.78, 5) is 23.1. The Morgan fingerprint density at radius 1 is 1.23 bits per heavy atom. The van der Waals surface area contributed by atoms with E-state index < -0.39 is 11.2 Å². The number of carbonyl (C=O) groups is 1. The minimum absolute atomic E-state index is 0.0516. The van der Waals surface area contributed by atoms with Gasteiger partial charge in [-0.1, -0.05) is 0 Å². The van der Waals surface area contributed by atoms with Gasteiger partial charge in [-0.2, -0.15) is 15.6 Å². The van der Waals surface area contributed by atoms with Gasteiger partial charge >= 0.3 is 0 Å². The predicted molar refractivity (Wildman–Crippen MR) is 112 cm³/mol. The molecule has 158 valence electrons. The molecule has 0 aliphatic heterocycles. The van der Waals surface area contributed by atoms with Gasteiger partial charge < -0.3 is 14.4 Å². The zero-order valence-electron chi connectivity index (χ0n) is 17.1. The first-order valence-corrected chi connectivity index (χ1v) is 9.34. The van der Waals surface area contributed by atoms with Crippen molar-refractivity contribution in [3.63, 3.8) is 0 Å². The molecular formula is C21H20N6O4. The highest BCUT2D eigenvalue weighted by molar-refractivity contribution is 5.61. The molecule has 0 saturated heterocycles. The molecule has 1 atom stereocenters. The molecule has 0 fully saturated rings. The van der Waals surface area contributed by atoms with E-state index in [0.29, 0.717) is 12.2 Å². The SMILES string of the molecule is CCN(c1ccc(N=Nc2ccc([N+](=O)[O-])cc2C#N)c(C)c1)C(CC=O)OCC#N. The summed E-state index contributed by atoms with van der Waals surface area (Å²) >= 11 is 0. The minimum atomic E-state index is -0.581. The summed E-state index contributed by atoms with van der Waals surface area (Å²) in [6.45, 7) is 4.17. The van der Waals surface area contributed by atoms with Crippen LogP contribution < -0.4 is 4.90 Å². The first-order chi connectivity index (χ1) is 14.9. The number of non-ortho nitro benzene ring substituents is 1. The number of anilines is 1. The van der Waals surface area contributed by atoms with E-state index in [-0.39, 0.29) is 30.0 Å². The van der Waals surface area contributed by atoms with E-state index in [9.17, 15) is 20.2 Å². The van der Waals surface area contributed by atoms with Crippen LogP contribution in [0.2, 0.25) is 0 Å². The Balaban J connectivity index is 2.30. The van der Waals surface area contributed by atoms with E-state index in [2.05, 4.69) is 10.2 Å². The van der Waals surface area contributed by atoms with Crippen LogP contribution in [0.4, 0.5) is 22.7 Å². The summed E-state index contributed by atoms with van der Waals surface area (Å²) in [7, 11) is 0. The molecular weight excluding hydrogens is 400 g/mol. The van der Waals surface area contributed by atoms with Gasteiger partial charge in [0, 0.05) is 30.8 Å². The molecule has 0 aromatic heterocycles. The van der Waals surface area contributed by atoms with Crippen molar-refractivity contribution >= 4 is 29.0 Å². The molecule has 0 amide bonds. The van der Waals surface area contributed by atoms with E-state index in [1.54, 1.807) is 12.1 Å². The van der Waals surface area contributed by atoms with Crippen molar-refractivity contribution in [1.82, 2.24) is 0 Å². The van der Waals surface area contributed by atoms with Crippen LogP contribution in [0.3, 0.4) is 0 Å². The Morgan fingerprint density at radius 2 is 1.94 bits per heavy atom. The summed E-state index contributed by atoms with van der Waals surface area (Å²) in [5.74, 6) is 0. The van der Waals surface area contributed by atoms with Crippen molar-refractivity contribution in [2.75, 3.05) is 18.1 Å². The fourth-order valence-corrected chi connectivity index (χ4v) is 2.91. The first-order valence-electron chi connectivity index (χ1n) is 9.34. The van der Waals surface area contributed by atoms with Gasteiger partial charge in [0.1, 0.15) is 30.9 Å². The highest BCUT2D eigenvalue weighted by Crippen LogP contribution is 2.30. The standard InChI is InChI=1S/C21H20N6O4/c1-3-26(21(8-10-28)31-11-9-22)17-4-6-19(15(2)12-17)24-25-20-7-5-18(27(29)30)13-16(20)14-23/h4-7,10,12-13,21H,3,8,11H2,1-2H3. The lowest BCUT2D eigenvalue weighted by molar-refractivity contribution is -0.384. The number of nitro groups is 1. The molecule has 10 heteroatoms. The second-order valence-electron chi connectivity index (χ2n) is 6.35. The third kappa shape index (κ3) is 5.92. The number of azo groups is 1. The molecule has 1 unspecified atom stereocenters. The Bertz CT molecular complexity index is 1070. The van der Waals surface area contributed by atoms with Gasteiger partial charge in [-0.15, -0.1) is 5.11 Å². The molecule has 0 heterocycles. The van der Waals surface area contributed by atoms with Crippen LogP contribution in [0, 0.1) is 39.7 Å². The number of benzene rings is 2. The molecule has 2 aromatic carbocycles. The van der Waals surface area contributed by atoms with Crippen molar-refractivity contribution in [3.8, 4) is 12.1 Å². The number of nitriles is 2. The van der Waals surface area contributed by atoms with Gasteiger partial charge in [0.15, 0.2) is 0 Å². The van der Waals surface area contributed by atoms with Crippen molar-refractivity contribution in [1.29, 1.82) is 10.5 Å². The van der Waals surface area contributed by atoms with Crippen LogP contribution in [-0.2, 0) is 9.53 Å². The summed E-state index contributed by atoms with van der Waals surface area (Å²) in [5, 5.41) is 37.1. The quantitative estimate of drug-likeness (QED) is 0.181. The van der Waals surface area contributed by atoms with Crippen LogP contribution in [0.5, 0.6) is 0 Å². The molecule has 0 radical (unpaired) electrons. The Morgan fingerprint density at radius 3 is 2.52 bits per heavy atom. The third-order valence-corrected chi connectivity index (χ3v) is 4.42. The topological polar surface area (TPSA) is 145 Å². The Labute approximate surface area is 179 Å². The number of aryl methyl sites for hydroxylation is 1. The second kappa shape index (κ2) is 11.1. The third-order valence-electron chi connectivity index (χ3n) is 4.42. The molecule has 31 heavy (non-hydrogen) atoms. The fraction of sp³-hybridized carbons (Fsp3) is 0.286. The number of rotatable bonds is 10. The largest absolute Gasteiger partial charge is 0.346 e. The average molecular weight is 420 g/mol. The lowest BCUT2D eigenvalue weighted by atomic mass is 10.1. The monoisotopic (exact) mass is 420 g/mol. The highest BCUT2D eigenvalue weighted by atomic mass is 16.6. The van der Waals surface area contributed by atoms with Gasteiger partial charge in [0.2, 0.25) is 0 Å². The molecule has 0 aliphatic rings. The van der Waals surface area contributed by atoms with E-state index in [0.717, 1.165) is 23.6 Å². The van der Waals surface area contributed by atoms with Gasteiger partial charge in [-0.3, -0.25) is 10.1 Å². The molecule has 0 bridgehead atoms. The Kier molecular flexibility index (Phi) is 8.31. The van der Waals surface area contributed by atoms with Crippen LogP contribution in [0.15, 0.2) is 46.6 Å². The first kappa shape index (κ1) is 23.1. The number of nitrogens with zero attached hydrogens (tertiary/aromatic N) is 6. The maximum absolute atomic E-state index is 11.0. The average Bonchev–Trinajstić information content (AvgIpc) is 2.77. The normalized spacial score (nSPS) is 11.5. The summed E-state index contributed by atoms with van der Waals surface area (Å²) in [6, 6.07) is 13.0. The maximum Gasteiger partial charge on any atom is 0.270 e. The molecule has 10 nitrogen and oxygen atoms in total. The van der Waals surface area contributed by atoms with E-state index in [1.807, 2.05) is 37.0 Å². The molecule has 0 aliphatic carbocycles. The van der Waals surface area contributed by atoms with E-state index >= 15 is 0 Å². The molecule has 0 spiro atoms. The number of ether oxygens (including phenoxy) is 1. The minimum Gasteiger partial charge on any atom is -0.346 e. The number of hydrogen-bond acceptors (Lipinski definition) is 9. The van der Waals surface area contributed by atoms with Gasteiger partial charge in [0.05, 0.1) is 22.2 Å². The second-order valence-corrected chi connectivity index (χ2v) is 6.35. The van der Waals surface area contributed by atoms with Crippen LogP contribution in [-0.4, -0.2) is 30.6 Å². The van der Waals surface area contributed by atoms with Crippen molar-refractivity contribution in [3.05, 3.63) is 57.6 Å². The summed E-state index contributed by atoms with van der Waals surface area (Å²) in [6.07, 6.45) is 0.303. The fourth-order valence-electron chi connectivity index (χ4n) is 2.91. The van der Waals surface area contributed by atoms with Crippen LogP contribution in [0.25, 0.3) is 0 Å². The molecule has 0 N–H and O–H groups in total. The van der Waals surface area contributed by atoms with Gasteiger partial charge in [-0.25, -0.2) is 0 Å². The maximum atomic E-state index is 11.0. The zero-order valence-corrected chi connectivity index (χ0v) is 17.1. The van der Waals surface area contributed by atoms with Crippen LogP contribution >= 0.6 is 0 Å². The van der Waals surface area contributed by atoms with Gasteiger partial charge in [-0.05, 0) is 43.7 Å². The number of nitro benzene ring substituents is 1. The lowest BCUT2D eigenvalue weighted by Crippen LogP contribution is -2.38. The Hall–Kier alpha value is -4.15. The molecule has 0 saturated carbocycles. The molecule has 2 aromatic rings. The predicted octanol–water partition coefficient (Wildman–Crippen LogP) is 4.47. The van der Waals surface area contributed by atoms with Crippen LogP contribution in [0.1, 0.15) is 24.5 Å². The highest BCUT2D eigenvalue weighted by Gasteiger charge is 2.18. The number of hydrogen-bond donors (Lipinski definition) is 0. The molecule has 2 rings (SSSR count). The summed E-state index contributed by atoms with van der Waals surface area (Å²) < 4.78 is 5.48. The van der Waals surface area contributed by atoms with Crippen molar-refractivity contribution in [2.45, 2.75) is 26.5 Å². The summed E-state index contributed by atoms with van der Waals surface area (Å²) in [5.41, 5.74) is 2.20. The van der Waals surface area contributed by atoms with E-state index in [4.69, 9.17) is 10.00 Å². The lowest BCUT2D eigenvalue weighted by Gasteiger charge is -2.31. The number of aldehydes is 1. The van der Waals surface area contributed by atoms with Crippen molar-refractivity contribution in [2.24, 2.45) is 10.2 Å². The van der Waals surface area contributed by atoms with Gasteiger partial charge in [0.25, 0.3) is 5.69 Å². The zero-order chi connectivity index (χ0) is 22.8. The van der Waals surface area contributed by atoms with E-state index in [1.165, 1.54) is 12.1 Å². The smallest absolute Gasteiger partial charge is 0.270 e.